The number of halogens is 1. The van der Waals surface area contributed by atoms with Gasteiger partial charge in [-0.1, -0.05) is 40.9 Å². The average molecular weight is 401 g/mol. The van der Waals surface area contributed by atoms with Gasteiger partial charge in [0.25, 0.3) is 5.91 Å². The number of nitrogens with zero attached hydrogens (tertiary/aromatic N) is 1. The number of benzene rings is 2. The highest BCUT2D eigenvalue weighted by molar-refractivity contribution is 6.45. The molecule has 0 bridgehead atoms. The van der Waals surface area contributed by atoms with E-state index in [1.807, 2.05) is 12.1 Å². The molecule has 28 heavy (non-hydrogen) atoms. The van der Waals surface area contributed by atoms with Gasteiger partial charge in [0, 0.05) is 17.1 Å². The van der Waals surface area contributed by atoms with Gasteiger partial charge in [0.1, 0.15) is 13.7 Å². The maximum absolute atomic E-state index is 12.5. The number of ether oxygens (including phenoxy) is 2. The number of oxime groups is 1. The van der Waals surface area contributed by atoms with Gasteiger partial charge in [0.2, 0.25) is 0 Å². The monoisotopic (exact) mass is 400 g/mol. The first-order chi connectivity index (χ1) is 13.6. The molecule has 2 aromatic rings. The zero-order valence-corrected chi connectivity index (χ0v) is 16.5. The smallest absolute Gasteiger partial charge is 0.273 e. The fraction of sp³-hybridized carbons (Fsp3) is 0.238. The third-order valence-electron chi connectivity index (χ3n) is 3.75. The van der Waals surface area contributed by atoms with Crippen molar-refractivity contribution >= 4 is 23.2 Å². The normalized spacial score (nSPS) is 10.7. The Morgan fingerprint density at radius 2 is 1.93 bits per heavy atom. The number of amides is 1. The van der Waals surface area contributed by atoms with Crippen LogP contribution in [0.2, 0.25) is 5.02 Å². The summed E-state index contributed by atoms with van der Waals surface area (Å²) in [4.78, 5) is 17.3. The Bertz CT molecular complexity index is 873. The van der Waals surface area contributed by atoms with E-state index in [1.165, 1.54) is 7.11 Å². The van der Waals surface area contributed by atoms with Crippen molar-refractivity contribution in [3.05, 3.63) is 58.6 Å². The molecule has 7 heteroatoms. The minimum Gasteiger partial charge on any atom is -0.493 e. The number of hydrogen-bond acceptors (Lipinski definition) is 5. The molecular formula is C21H21ClN2O4. The van der Waals surface area contributed by atoms with Crippen molar-refractivity contribution in [2.24, 2.45) is 5.16 Å². The van der Waals surface area contributed by atoms with Gasteiger partial charge in [0.05, 0.1) is 7.11 Å². The predicted octanol–water partition coefficient (Wildman–Crippen LogP) is 3.07. The van der Waals surface area contributed by atoms with E-state index in [9.17, 15) is 4.79 Å². The van der Waals surface area contributed by atoms with Gasteiger partial charge in [-0.05, 0) is 36.2 Å². The first-order valence-electron chi connectivity index (χ1n) is 8.47. The van der Waals surface area contributed by atoms with E-state index < -0.39 is 0 Å². The Balaban J connectivity index is 1.99. The lowest BCUT2D eigenvalue weighted by Gasteiger charge is -2.11. The Hall–Kier alpha value is -3.17. The third-order valence-corrected chi connectivity index (χ3v) is 4.01. The summed E-state index contributed by atoms with van der Waals surface area (Å²) in [5, 5.41) is 7.23. The summed E-state index contributed by atoms with van der Waals surface area (Å²) in [7, 11) is 2.95. The van der Waals surface area contributed by atoms with Crippen LogP contribution >= 0.6 is 11.6 Å². The Morgan fingerprint density at radius 1 is 1.18 bits per heavy atom. The van der Waals surface area contributed by atoms with Gasteiger partial charge in [-0.3, -0.25) is 4.79 Å². The average Bonchev–Trinajstić information content (AvgIpc) is 2.71. The molecule has 0 heterocycles. The summed E-state index contributed by atoms with van der Waals surface area (Å²) < 4.78 is 10.7. The Labute approximate surface area is 169 Å². The number of nitrogens with one attached hydrogen (secondary N) is 1. The van der Waals surface area contributed by atoms with Gasteiger partial charge in [-0.2, -0.15) is 0 Å². The molecule has 0 saturated heterocycles. The SMILES string of the molecule is C#CCOc1ccc(CCNC(=O)/C(=N\OC)c2ccc(Cl)cc2)cc1OC. The van der Waals surface area contributed by atoms with Gasteiger partial charge >= 0.3 is 0 Å². The summed E-state index contributed by atoms with van der Waals surface area (Å²) >= 11 is 5.89. The van der Waals surface area contributed by atoms with Gasteiger partial charge < -0.3 is 19.6 Å². The van der Waals surface area contributed by atoms with Crippen LogP contribution in [0.15, 0.2) is 47.6 Å². The summed E-state index contributed by atoms with van der Waals surface area (Å²) in [6, 6.07) is 12.3. The second kappa shape index (κ2) is 10.9. The van der Waals surface area contributed by atoms with E-state index in [0.29, 0.717) is 35.1 Å². The number of rotatable bonds is 9. The van der Waals surface area contributed by atoms with Crippen LogP contribution in [0, 0.1) is 12.3 Å². The fourth-order valence-corrected chi connectivity index (χ4v) is 2.56. The first-order valence-corrected chi connectivity index (χ1v) is 8.85. The van der Waals surface area contributed by atoms with E-state index in [4.69, 9.17) is 32.3 Å². The molecule has 146 valence electrons. The quantitative estimate of drug-likeness (QED) is 0.399. The van der Waals surface area contributed by atoms with Crippen LogP contribution < -0.4 is 14.8 Å². The van der Waals surface area contributed by atoms with Crippen LogP contribution in [-0.4, -0.2) is 39.0 Å². The van der Waals surface area contributed by atoms with Crippen molar-refractivity contribution in [1.29, 1.82) is 0 Å². The third kappa shape index (κ3) is 5.93. The molecule has 0 aliphatic heterocycles. The highest BCUT2D eigenvalue weighted by atomic mass is 35.5. The van der Waals surface area contributed by atoms with Crippen LogP contribution in [0.3, 0.4) is 0 Å². The predicted molar refractivity (Wildman–Crippen MR) is 109 cm³/mol. The van der Waals surface area contributed by atoms with Crippen LogP contribution in [0.5, 0.6) is 11.5 Å². The van der Waals surface area contributed by atoms with Crippen molar-refractivity contribution in [2.75, 3.05) is 27.4 Å². The minimum absolute atomic E-state index is 0.165. The molecule has 0 saturated carbocycles. The van der Waals surface area contributed by atoms with Gasteiger partial charge in [-0.15, -0.1) is 6.42 Å². The van der Waals surface area contributed by atoms with Crippen LogP contribution in [0.25, 0.3) is 0 Å². The Kier molecular flexibility index (Phi) is 8.19. The number of hydrogen-bond donors (Lipinski definition) is 1. The van der Waals surface area contributed by atoms with E-state index in [1.54, 1.807) is 37.4 Å². The van der Waals surface area contributed by atoms with E-state index >= 15 is 0 Å². The molecule has 1 N–H and O–H groups in total. The highest BCUT2D eigenvalue weighted by Crippen LogP contribution is 2.28. The van der Waals surface area contributed by atoms with Crippen molar-refractivity contribution in [3.63, 3.8) is 0 Å². The second-order valence-electron chi connectivity index (χ2n) is 5.61. The number of carbonyl (C=O) groups excluding carboxylic acids is 1. The standard InChI is InChI=1S/C21H21ClN2O4/c1-4-13-28-18-10-5-15(14-19(18)26-2)11-12-23-21(25)20(24-27-3)16-6-8-17(22)9-7-16/h1,5-10,14H,11-13H2,2-3H3,(H,23,25)/b24-20-. The van der Waals surface area contributed by atoms with Crippen molar-refractivity contribution in [1.82, 2.24) is 5.32 Å². The number of carbonyl (C=O) groups is 1. The van der Waals surface area contributed by atoms with Crippen LogP contribution in [0.1, 0.15) is 11.1 Å². The van der Waals surface area contributed by atoms with Gasteiger partial charge in [0.15, 0.2) is 17.2 Å². The summed E-state index contributed by atoms with van der Waals surface area (Å²) in [5.74, 6) is 3.23. The molecule has 0 aliphatic rings. The fourth-order valence-electron chi connectivity index (χ4n) is 2.43. The lowest BCUT2D eigenvalue weighted by atomic mass is 10.1. The van der Waals surface area contributed by atoms with Gasteiger partial charge in [-0.25, -0.2) is 0 Å². The molecule has 0 spiro atoms. The molecule has 0 aromatic heterocycles. The van der Waals surface area contributed by atoms with Crippen LogP contribution in [-0.2, 0) is 16.1 Å². The summed E-state index contributed by atoms with van der Waals surface area (Å²) in [6.07, 6.45) is 5.80. The molecule has 1 amide bonds. The maximum Gasteiger partial charge on any atom is 0.273 e. The second-order valence-corrected chi connectivity index (χ2v) is 6.05. The molecular weight excluding hydrogens is 380 g/mol. The zero-order chi connectivity index (χ0) is 20.4. The molecule has 0 unspecified atom stereocenters. The molecule has 6 nitrogen and oxygen atoms in total. The zero-order valence-electron chi connectivity index (χ0n) is 15.7. The summed E-state index contributed by atoms with van der Waals surface area (Å²) in [5.41, 5.74) is 1.76. The van der Waals surface area contributed by atoms with Crippen molar-refractivity contribution < 1.29 is 19.1 Å². The molecule has 0 fully saturated rings. The lowest BCUT2D eigenvalue weighted by molar-refractivity contribution is -0.114. The minimum atomic E-state index is -0.342. The lowest BCUT2D eigenvalue weighted by Crippen LogP contribution is -2.33. The first kappa shape index (κ1) is 21.1. The molecule has 2 rings (SSSR count). The molecule has 0 radical (unpaired) electrons. The van der Waals surface area contributed by atoms with Crippen molar-refractivity contribution in [3.8, 4) is 23.8 Å². The largest absolute Gasteiger partial charge is 0.493 e. The van der Waals surface area contributed by atoms with E-state index in [-0.39, 0.29) is 18.2 Å². The highest BCUT2D eigenvalue weighted by Gasteiger charge is 2.15. The molecule has 0 atom stereocenters. The maximum atomic E-state index is 12.5. The van der Waals surface area contributed by atoms with E-state index in [2.05, 4.69) is 16.4 Å². The topological polar surface area (TPSA) is 69.2 Å². The number of terminal acetylenes is 1. The molecule has 2 aromatic carbocycles. The summed E-state index contributed by atoms with van der Waals surface area (Å²) in [6.45, 7) is 0.570. The van der Waals surface area contributed by atoms with Crippen molar-refractivity contribution in [2.45, 2.75) is 6.42 Å². The number of methoxy groups -OCH3 is 1. The van der Waals surface area contributed by atoms with Crippen LogP contribution in [0.4, 0.5) is 0 Å². The Morgan fingerprint density at radius 3 is 2.57 bits per heavy atom. The van der Waals surface area contributed by atoms with E-state index in [0.717, 1.165) is 5.56 Å². The molecule has 0 aliphatic carbocycles.